The molecule has 19 heavy (non-hydrogen) atoms. The number of anilines is 1. The van der Waals surface area contributed by atoms with E-state index in [1.807, 2.05) is 17.0 Å². The van der Waals surface area contributed by atoms with Gasteiger partial charge in [-0.3, -0.25) is 4.79 Å². The quantitative estimate of drug-likeness (QED) is 0.804. The lowest BCUT2D eigenvalue weighted by Crippen LogP contribution is -2.35. The molecule has 0 aromatic carbocycles. The number of hydrogen-bond acceptors (Lipinski definition) is 5. The molecular weight excluding hydrogens is 264 g/mol. The van der Waals surface area contributed by atoms with Crippen LogP contribution in [0.4, 0.5) is 5.82 Å². The maximum Gasteiger partial charge on any atom is 0.308 e. The van der Waals surface area contributed by atoms with Gasteiger partial charge in [-0.05, 0) is 6.92 Å². The standard InChI is InChI=1S/C12H14N4O2S/c1-7-10(3-11(17)18)19-6-16(7)5-9-4-14-8(2)15-12(9)13/h4,6H,3,5H2,1-2H3,(H2-,13,14,15,17,18)/p+1. The first-order valence-corrected chi connectivity index (χ1v) is 6.61. The Kier molecular flexibility index (Phi) is 3.75. The molecule has 0 spiro atoms. The Balaban J connectivity index is 2.24. The number of aryl methyl sites for hydroxylation is 1. The zero-order valence-electron chi connectivity index (χ0n) is 10.8. The number of carbonyl (C=O) groups is 1. The monoisotopic (exact) mass is 279 g/mol. The highest BCUT2D eigenvalue weighted by Crippen LogP contribution is 2.14. The number of aromatic nitrogens is 3. The Morgan fingerprint density at radius 1 is 1.53 bits per heavy atom. The number of hydrogen-bond donors (Lipinski definition) is 2. The normalized spacial score (nSPS) is 10.6. The summed E-state index contributed by atoms with van der Waals surface area (Å²) < 4.78 is 1.97. The molecule has 2 aromatic heterocycles. The molecule has 0 unspecified atom stereocenters. The summed E-state index contributed by atoms with van der Waals surface area (Å²) in [6, 6.07) is 0. The SMILES string of the molecule is Cc1ncc(C[n+]2csc(CC(=O)O)c2C)c(N)n1. The number of rotatable bonds is 4. The molecule has 3 N–H and O–H groups in total. The molecule has 7 heteroatoms. The van der Waals surface area contributed by atoms with Crippen molar-refractivity contribution in [1.82, 2.24) is 9.97 Å². The van der Waals surface area contributed by atoms with E-state index >= 15 is 0 Å². The van der Waals surface area contributed by atoms with Gasteiger partial charge in [0.2, 0.25) is 5.51 Å². The molecule has 2 heterocycles. The number of aliphatic carboxylic acids is 1. The summed E-state index contributed by atoms with van der Waals surface area (Å²) in [6.07, 6.45) is 1.75. The van der Waals surface area contributed by atoms with E-state index in [-0.39, 0.29) is 6.42 Å². The topological polar surface area (TPSA) is 93.0 Å². The zero-order valence-corrected chi connectivity index (χ0v) is 11.6. The summed E-state index contributed by atoms with van der Waals surface area (Å²) in [4.78, 5) is 19.8. The van der Waals surface area contributed by atoms with Gasteiger partial charge in [0.1, 0.15) is 11.6 Å². The first kappa shape index (κ1) is 13.4. The summed E-state index contributed by atoms with van der Waals surface area (Å²) in [7, 11) is 0. The molecule has 6 nitrogen and oxygen atoms in total. The molecule has 0 fully saturated rings. The van der Waals surface area contributed by atoms with Gasteiger partial charge < -0.3 is 10.8 Å². The first-order valence-electron chi connectivity index (χ1n) is 5.73. The van der Waals surface area contributed by atoms with Gasteiger partial charge in [0.25, 0.3) is 0 Å². The summed E-state index contributed by atoms with van der Waals surface area (Å²) in [5, 5.41) is 8.82. The van der Waals surface area contributed by atoms with Crippen molar-refractivity contribution in [1.29, 1.82) is 0 Å². The van der Waals surface area contributed by atoms with E-state index in [0.29, 0.717) is 18.2 Å². The van der Waals surface area contributed by atoms with Gasteiger partial charge in [0, 0.05) is 13.1 Å². The predicted molar refractivity (Wildman–Crippen MR) is 70.9 cm³/mol. The minimum absolute atomic E-state index is 0.0450. The Morgan fingerprint density at radius 2 is 2.26 bits per heavy atom. The van der Waals surface area contributed by atoms with Crippen molar-refractivity contribution < 1.29 is 14.5 Å². The lowest BCUT2D eigenvalue weighted by Gasteiger charge is -2.01. The van der Waals surface area contributed by atoms with Crippen LogP contribution in [0, 0.1) is 13.8 Å². The van der Waals surface area contributed by atoms with Crippen molar-refractivity contribution in [2.75, 3.05) is 5.73 Å². The number of carboxylic acids is 1. The largest absolute Gasteiger partial charge is 0.481 e. The molecule has 0 saturated carbocycles. The highest BCUT2D eigenvalue weighted by Gasteiger charge is 2.19. The predicted octanol–water partition coefficient (Wildman–Crippen LogP) is 0.700. The molecule has 0 atom stereocenters. The Bertz CT molecular complexity index is 624. The van der Waals surface area contributed by atoms with Gasteiger partial charge in [-0.15, -0.1) is 0 Å². The maximum atomic E-state index is 10.7. The van der Waals surface area contributed by atoms with Crippen LogP contribution >= 0.6 is 11.3 Å². The zero-order chi connectivity index (χ0) is 14.0. The van der Waals surface area contributed by atoms with E-state index in [1.54, 1.807) is 13.1 Å². The second-order valence-electron chi connectivity index (χ2n) is 4.26. The number of carboxylic acid groups (broad SMARTS) is 1. The fourth-order valence-electron chi connectivity index (χ4n) is 1.73. The summed E-state index contributed by atoms with van der Waals surface area (Å²) in [5.74, 6) is 0.278. The van der Waals surface area contributed by atoms with Crippen molar-refractivity contribution in [3.8, 4) is 0 Å². The van der Waals surface area contributed by atoms with Crippen LogP contribution in [-0.4, -0.2) is 21.0 Å². The van der Waals surface area contributed by atoms with Crippen molar-refractivity contribution in [3.05, 3.63) is 33.7 Å². The Labute approximate surface area is 114 Å². The maximum absolute atomic E-state index is 10.7. The third-order valence-corrected chi connectivity index (χ3v) is 3.91. The van der Waals surface area contributed by atoms with Gasteiger partial charge >= 0.3 is 5.97 Å². The van der Waals surface area contributed by atoms with E-state index in [9.17, 15) is 4.79 Å². The fraction of sp³-hybridized carbons (Fsp3) is 0.333. The average Bonchev–Trinajstić information content (AvgIpc) is 2.64. The van der Waals surface area contributed by atoms with Crippen molar-refractivity contribution in [2.45, 2.75) is 26.8 Å². The van der Waals surface area contributed by atoms with Crippen LogP contribution in [0.5, 0.6) is 0 Å². The van der Waals surface area contributed by atoms with Crippen molar-refractivity contribution >= 4 is 23.1 Å². The van der Waals surface area contributed by atoms with Crippen LogP contribution in [0.3, 0.4) is 0 Å². The number of nitrogen functional groups attached to an aromatic ring is 1. The van der Waals surface area contributed by atoms with Gasteiger partial charge in [0.05, 0.1) is 16.9 Å². The fourth-order valence-corrected chi connectivity index (χ4v) is 2.71. The second-order valence-corrected chi connectivity index (χ2v) is 5.20. The molecule has 2 rings (SSSR count). The van der Waals surface area contributed by atoms with Gasteiger partial charge in [-0.1, -0.05) is 11.3 Å². The van der Waals surface area contributed by atoms with Crippen LogP contribution in [0.25, 0.3) is 0 Å². The van der Waals surface area contributed by atoms with E-state index in [4.69, 9.17) is 10.8 Å². The van der Waals surface area contributed by atoms with Gasteiger partial charge in [0.15, 0.2) is 12.2 Å². The number of nitrogens with zero attached hydrogens (tertiary/aromatic N) is 3. The minimum atomic E-state index is -0.824. The molecule has 0 saturated heterocycles. The molecule has 100 valence electrons. The van der Waals surface area contributed by atoms with Crippen LogP contribution < -0.4 is 10.3 Å². The van der Waals surface area contributed by atoms with Crippen LogP contribution in [0.15, 0.2) is 11.7 Å². The summed E-state index contributed by atoms with van der Waals surface area (Å²) in [5.41, 5.74) is 9.52. The van der Waals surface area contributed by atoms with E-state index in [1.165, 1.54) is 11.3 Å². The average molecular weight is 279 g/mol. The molecule has 0 radical (unpaired) electrons. The van der Waals surface area contributed by atoms with Crippen LogP contribution in [0.1, 0.15) is 22.0 Å². The smallest absolute Gasteiger partial charge is 0.308 e. The van der Waals surface area contributed by atoms with E-state index in [2.05, 4.69) is 9.97 Å². The van der Waals surface area contributed by atoms with Gasteiger partial charge in [-0.2, -0.15) is 4.57 Å². The minimum Gasteiger partial charge on any atom is -0.481 e. The molecule has 0 aliphatic rings. The molecule has 0 aliphatic carbocycles. The Hall–Kier alpha value is -2.02. The molecule has 2 aromatic rings. The molecule has 0 amide bonds. The van der Waals surface area contributed by atoms with Gasteiger partial charge in [-0.25, -0.2) is 9.97 Å². The van der Waals surface area contributed by atoms with Crippen molar-refractivity contribution in [3.63, 3.8) is 0 Å². The summed E-state index contributed by atoms with van der Waals surface area (Å²) in [6.45, 7) is 4.24. The lowest BCUT2D eigenvalue weighted by atomic mass is 10.2. The molecular formula is C12H15N4O2S+. The van der Waals surface area contributed by atoms with E-state index < -0.39 is 5.97 Å². The van der Waals surface area contributed by atoms with E-state index in [0.717, 1.165) is 16.1 Å². The van der Waals surface area contributed by atoms with Crippen molar-refractivity contribution in [2.24, 2.45) is 0 Å². The number of nitrogens with two attached hydrogens (primary N) is 1. The third kappa shape index (κ3) is 3.05. The first-order chi connectivity index (χ1) is 8.97. The highest BCUT2D eigenvalue weighted by atomic mass is 32.1. The summed E-state index contributed by atoms with van der Waals surface area (Å²) >= 11 is 1.43. The van der Waals surface area contributed by atoms with Crippen LogP contribution in [-0.2, 0) is 17.8 Å². The van der Waals surface area contributed by atoms with Crippen LogP contribution in [0.2, 0.25) is 0 Å². The third-order valence-electron chi connectivity index (χ3n) is 2.83. The highest BCUT2D eigenvalue weighted by molar-refractivity contribution is 7.09. The molecule has 0 aliphatic heterocycles. The number of thiazole rings is 1. The second kappa shape index (κ2) is 5.31. The lowest BCUT2D eigenvalue weighted by molar-refractivity contribution is -0.689. The Morgan fingerprint density at radius 3 is 2.89 bits per heavy atom. The molecule has 0 bridgehead atoms.